The topological polar surface area (TPSA) is 71.3 Å². The number of hydrogen-bond acceptors (Lipinski definition) is 4. The number of rotatable bonds is 7. The molecule has 2 aliphatic rings. The Bertz CT molecular complexity index is 798. The first-order valence-electron chi connectivity index (χ1n) is 9.69. The Labute approximate surface area is 158 Å². The lowest BCUT2D eigenvalue weighted by Gasteiger charge is -2.39. The summed E-state index contributed by atoms with van der Waals surface area (Å²) in [4.78, 5) is 27.7. The van der Waals surface area contributed by atoms with Gasteiger partial charge in [-0.3, -0.25) is 9.59 Å². The van der Waals surface area contributed by atoms with Crippen molar-refractivity contribution >= 4 is 11.8 Å². The molecular weight excluding hydrogens is 342 g/mol. The minimum Gasteiger partial charge on any atom is -0.338 e. The van der Waals surface area contributed by atoms with Crippen molar-refractivity contribution in [3.63, 3.8) is 0 Å². The quantitative estimate of drug-likeness (QED) is 0.748. The smallest absolute Gasteiger partial charge is 0.222 e. The van der Waals surface area contributed by atoms with E-state index in [1.165, 1.54) is 5.56 Å². The van der Waals surface area contributed by atoms with Crippen LogP contribution in [-0.2, 0) is 22.6 Å². The minimum atomic E-state index is 0.193. The van der Waals surface area contributed by atoms with Gasteiger partial charge in [0.1, 0.15) is 5.69 Å². The molecule has 3 heterocycles. The highest BCUT2D eigenvalue weighted by Gasteiger charge is 2.32. The highest BCUT2D eigenvalue weighted by molar-refractivity contribution is 5.78. The van der Waals surface area contributed by atoms with Crippen molar-refractivity contribution in [1.82, 2.24) is 24.8 Å². The normalized spacial score (nSPS) is 17.4. The standard InChI is InChI=1S/C20H25N5O2/c26-19-10-5-11-23(19)12-17-13-25(22-21-17)18-14-24(15-18)20(27)9-4-8-16-6-2-1-3-7-16/h1-3,6-7,13,18H,4-5,8-12,14-15H2. The number of benzene rings is 1. The van der Waals surface area contributed by atoms with Gasteiger partial charge < -0.3 is 9.80 Å². The van der Waals surface area contributed by atoms with E-state index in [0.717, 1.165) is 31.5 Å². The summed E-state index contributed by atoms with van der Waals surface area (Å²) in [7, 11) is 0. The molecule has 1 aromatic heterocycles. The molecule has 1 aromatic carbocycles. The summed E-state index contributed by atoms with van der Waals surface area (Å²) in [6, 6.07) is 10.5. The molecule has 27 heavy (non-hydrogen) atoms. The molecule has 0 radical (unpaired) electrons. The van der Waals surface area contributed by atoms with Crippen LogP contribution in [0.1, 0.15) is 43.0 Å². The predicted molar refractivity (Wildman–Crippen MR) is 99.7 cm³/mol. The van der Waals surface area contributed by atoms with E-state index in [9.17, 15) is 9.59 Å². The minimum absolute atomic E-state index is 0.193. The molecule has 0 aliphatic carbocycles. The summed E-state index contributed by atoms with van der Waals surface area (Å²) >= 11 is 0. The van der Waals surface area contributed by atoms with E-state index < -0.39 is 0 Å². The molecule has 7 nitrogen and oxygen atoms in total. The highest BCUT2D eigenvalue weighted by atomic mass is 16.2. The summed E-state index contributed by atoms with van der Waals surface area (Å²) in [5.74, 6) is 0.408. The van der Waals surface area contributed by atoms with Crippen molar-refractivity contribution in [2.45, 2.75) is 44.7 Å². The summed E-state index contributed by atoms with van der Waals surface area (Å²) in [5.41, 5.74) is 2.09. The van der Waals surface area contributed by atoms with Crippen LogP contribution in [0, 0.1) is 0 Å². The van der Waals surface area contributed by atoms with Crippen LogP contribution in [0.3, 0.4) is 0 Å². The van der Waals surface area contributed by atoms with Crippen LogP contribution in [-0.4, -0.2) is 56.2 Å². The second-order valence-electron chi connectivity index (χ2n) is 7.40. The maximum atomic E-state index is 12.3. The third-order valence-corrected chi connectivity index (χ3v) is 5.37. The number of amides is 2. The van der Waals surface area contributed by atoms with Gasteiger partial charge >= 0.3 is 0 Å². The number of hydrogen-bond donors (Lipinski definition) is 0. The molecule has 0 atom stereocenters. The maximum absolute atomic E-state index is 12.3. The van der Waals surface area contributed by atoms with Crippen molar-refractivity contribution in [3.8, 4) is 0 Å². The Morgan fingerprint density at radius 1 is 1.19 bits per heavy atom. The second-order valence-corrected chi connectivity index (χ2v) is 7.40. The summed E-state index contributed by atoms with van der Waals surface area (Å²) in [6.07, 6.45) is 5.87. The van der Waals surface area contributed by atoms with E-state index in [0.29, 0.717) is 32.5 Å². The lowest BCUT2D eigenvalue weighted by molar-refractivity contribution is -0.137. The molecule has 2 fully saturated rings. The van der Waals surface area contributed by atoms with Crippen LogP contribution in [0.25, 0.3) is 0 Å². The van der Waals surface area contributed by atoms with Crippen molar-refractivity contribution in [3.05, 3.63) is 47.8 Å². The van der Waals surface area contributed by atoms with Gasteiger partial charge in [-0.05, 0) is 24.8 Å². The Morgan fingerprint density at radius 3 is 2.74 bits per heavy atom. The number of aryl methyl sites for hydroxylation is 1. The van der Waals surface area contributed by atoms with Gasteiger partial charge in [0.05, 0.1) is 18.8 Å². The fraction of sp³-hybridized carbons (Fsp3) is 0.500. The Balaban J connectivity index is 1.20. The maximum Gasteiger partial charge on any atom is 0.222 e. The highest BCUT2D eigenvalue weighted by Crippen LogP contribution is 2.22. The zero-order valence-electron chi connectivity index (χ0n) is 15.5. The third kappa shape index (κ3) is 4.18. The molecule has 0 saturated carbocycles. The van der Waals surface area contributed by atoms with Crippen LogP contribution in [0.15, 0.2) is 36.5 Å². The SMILES string of the molecule is O=C1CCCN1Cc1cn(C2CN(C(=O)CCCc3ccccc3)C2)nn1. The van der Waals surface area contributed by atoms with Crippen LogP contribution in [0.4, 0.5) is 0 Å². The van der Waals surface area contributed by atoms with E-state index in [2.05, 4.69) is 22.4 Å². The number of nitrogens with zero attached hydrogens (tertiary/aromatic N) is 5. The zero-order valence-corrected chi connectivity index (χ0v) is 15.5. The molecule has 0 spiro atoms. The molecule has 2 aliphatic heterocycles. The fourth-order valence-corrected chi connectivity index (χ4v) is 3.70. The van der Waals surface area contributed by atoms with Crippen molar-refractivity contribution in [2.75, 3.05) is 19.6 Å². The van der Waals surface area contributed by atoms with Gasteiger partial charge in [-0.15, -0.1) is 5.10 Å². The first kappa shape index (κ1) is 17.7. The lowest BCUT2D eigenvalue weighted by Crippen LogP contribution is -2.50. The average Bonchev–Trinajstić information content (AvgIpc) is 3.25. The fourth-order valence-electron chi connectivity index (χ4n) is 3.70. The van der Waals surface area contributed by atoms with Crippen LogP contribution < -0.4 is 0 Å². The molecule has 0 N–H and O–H groups in total. The zero-order chi connectivity index (χ0) is 18.6. The predicted octanol–water partition coefficient (Wildman–Crippen LogP) is 1.81. The summed E-state index contributed by atoms with van der Waals surface area (Å²) < 4.78 is 1.84. The molecule has 2 aromatic rings. The molecule has 2 saturated heterocycles. The second kappa shape index (κ2) is 7.90. The number of aromatic nitrogens is 3. The Morgan fingerprint density at radius 2 is 2.00 bits per heavy atom. The number of carbonyl (C=O) groups is 2. The van der Waals surface area contributed by atoms with E-state index in [4.69, 9.17) is 0 Å². The first-order chi connectivity index (χ1) is 13.2. The molecule has 4 rings (SSSR count). The van der Waals surface area contributed by atoms with E-state index in [-0.39, 0.29) is 17.9 Å². The van der Waals surface area contributed by atoms with Crippen LogP contribution in [0.2, 0.25) is 0 Å². The molecule has 7 heteroatoms. The Hall–Kier alpha value is -2.70. The van der Waals surface area contributed by atoms with Gasteiger partial charge in [-0.1, -0.05) is 35.5 Å². The monoisotopic (exact) mass is 367 g/mol. The Kier molecular flexibility index (Phi) is 5.18. The summed E-state index contributed by atoms with van der Waals surface area (Å²) in [5, 5.41) is 8.38. The molecule has 0 unspecified atom stereocenters. The van der Waals surface area contributed by atoms with Gasteiger partial charge in [0, 0.05) is 32.5 Å². The van der Waals surface area contributed by atoms with Gasteiger partial charge in [0.15, 0.2) is 0 Å². The van der Waals surface area contributed by atoms with Crippen LogP contribution >= 0.6 is 0 Å². The third-order valence-electron chi connectivity index (χ3n) is 5.37. The van der Waals surface area contributed by atoms with Crippen molar-refractivity contribution in [1.29, 1.82) is 0 Å². The molecular formula is C20H25N5O2. The van der Waals surface area contributed by atoms with Gasteiger partial charge in [0.2, 0.25) is 11.8 Å². The van der Waals surface area contributed by atoms with Crippen molar-refractivity contribution in [2.24, 2.45) is 0 Å². The molecule has 142 valence electrons. The lowest BCUT2D eigenvalue weighted by atomic mass is 10.1. The van der Waals surface area contributed by atoms with Crippen LogP contribution in [0.5, 0.6) is 0 Å². The van der Waals surface area contributed by atoms with E-state index >= 15 is 0 Å². The number of likely N-dealkylation sites (tertiary alicyclic amines) is 2. The molecule has 0 bridgehead atoms. The van der Waals surface area contributed by atoms with Gasteiger partial charge in [-0.25, -0.2) is 4.68 Å². The van der Waals surface area contributed by atoms with Gasteiger partial charge in [0.25, 0.3) is 0 Å². The average molecular weight is 367 g/mol. The molecule has 2 amide bonds. The van der Waals surface area contributed by atoms with Crippen molar-refractivity contribution < 1.29 is 9.59 Å². The van der Waals surface area contributed by atoms with E-state index in [1.807, 2.05) is 38.9 Å². The van der Waals surface area contributed by atoms with E-state index in [1.54, 1.807) is 0 Å². The number of carbonyl (C=O) groups excluding carboxylic acids is 2. The summed E-state index contributed by atoms with van der Waals surface area (Å²) in [6.45, 7) is 2.72. The largest absolute Gasteiger partial charge is 0.338 e. The van der Waals surface area contributed by atoms with Gasteiger partial charge in [-0.2, -0.15) is 0 Å². The first-order valence-corrected chi connectivity index (χ1v) is 9.69.